The fraction of sp³-hybridized carbons (Fsp3) is 0.577. The van der Waals surface area contributed by atoms with E-state index in [1.807, 2.05) is 7.05 Å². The average Bonchev–Trinajstić information content (AvgIpc) is 3.32. The zero-order chi connectivity index (χ0) is 23.0. The van der Waals surface area contributed by atoms with E-state index < -0.39 is 0 Å². The van der Waals surface area contributed by atoms with Crippen molar-refractivity contribution in [3.63, 3.8) is 0 Å². The van der Waals surface area contributed by atoms with Gasteiger partial charge in [-0.3, -0.25) is 4.79 Å². The summed E-state index contributed by atoms with van der Waals surface area (Å²) in [6, 6.07) is 11.7. The number of likely N-dealkylation sites (N-methyl/N-ethyl adjacent to an activating group) is 1. The molecule has 1 radical (unpaired) electrons. The number of aromatic nitrogens is 2. The molecule has 2 aromatic rings. The van der Waals surface area contributed by atoms with Crippen molar-refractivity contribution in [3.8, 4) is 0 Å². The van der Waals surface area contributed by atoms with Crippen LogP contribution in [-0.4, -0.2) is 42.1 Å². The maximum absolute atomic E-state index is 12.4. The molecular weight excluding hydrogens is 434 g/mol. The molecule has 0 unspecified atom stereocenters. The number of benzene rings is 1. The van der Waals surface area contributed by atoms with Crippen LogP contribution in [0.3, 0.4) is 0 Å². The van der Waals surface area contributed by atoms with Crippen molar-refractivity contribution < 1.29 is 4.79 Å². The van der Waals surface area contributed by atoms with Gasteiger partial charge in [0.25, 0.3) is 0 Å². The quantitative estimate of drug-likeness (QED) is 0.506. The van der Waals surface area contributed by atoms with Crippen LogP contribution in [0.15, 0.2) is 24.3 Å². The van der Waals surface area contributed by atoms with Crippen LogP contribution < -0.4 is 15.5 Å². The summed E-state index contributed by atoms with van der Waals surface area (Å²) < 4.78 is 0. The molecule has 0 spiro atoms. The Kier molecular flexibility index (Phi) is 8.43. The molecule has 0 bridgehead atoms. The van der Waals surface area contributed by atoms with Gasteiger partial charge in [-0.25, -0.2) is 9.97 Å². The molecule has 1 amide bonds. The molecule has 1 aromatic heterocycles. The van der Waals surface area contributed by atoms with Gasteiger partial charge in [-0.1, -0.05) is 55.8 Å². The highest BCUT2D eigenvalue weighted by Gasteiger charge is 2.19. The van der Waals surface area contributed by atoms with Gasteiger partial charge < -0.3 is 15.5 Å². The smallest absolute Gasteiger partial charge is 0.239 e. The molecule has 33 heavy (non-hydrogen) atoms. The molecule has 2 N–H and O–H groups in total. The van der Waals surface area contributed by atoms with Gasteiger partial charge in [-0.2, -0.15) is 0 Å². The Morgan fingerprint density at radius 3 is 2.48 bits per heavy atom. The van der Waals surface area contributed by atoms with E-state index in [0.29, 0.717) is 24.1 Å². The predicted molar refractivity (Wildman–Crippen MR) is 134 cm³/mol. The normalized spacial score (nSPS) is 17.2. The number of nitrogens with one attached hydrogen (secondary N) is 2. The van der Waals surface area contributed by atoms with E-state index in [0.717, 1.165) is 36.6 Å². The lowest BCUT2D eigenvalue weighted by Crippen LogP contribution is -2.40. The van der Waals surface area contributed by atoms with Crippen molar-refractivity contribution in [2.75, 3.05) is 30.4 Å². The number of anilines is 2. The number of hydrogen-bond acceptors (Lipinski definition) is 5. The van der Waals surface area contributed by atoms with Crippen molar-refractivity contribution in [2.24, 2.45) is 5.92 Å². The lowest BCUT2D eigenvalue weighted by atomic mass is 9.89. The van der Waals surface area contributed by atoms with Crippen molar-refractivity contribution >= 4 is 29.0 Å². The summed E-state index contributed by atoms with van der Waals surface area (Å²) in [5.74, 6) is 1.97. The van der Waals surface area contributed by atoms with Gasteiger partial charge in [0.15, 0.2) is 0 Å². The largest absolute Gasteiger partial charge is 0.385 e. The topological polar surface area (TPSA) is 70.2 Å². The number of rotatable bonds is 9. The van der Waals surface area contributed by atoms with Gasteiger partial charge >= 0.3 is 0 Å². The second-order valence-corrected chi connectivity index (χ2v) is 9.90. The molecule has 1 heterocycles. The van der Waals surface area contributed by atoms with E-state index in [1.54, 1.807) is 4.90 Å². The molecule has 2 fully saturated rings. The molecule has 6 nitrogen and oxygen atoms in total. The minimum Gasteiger partial charge on any atom is -0.385 e. The van der Waals surface area contributed by atoms with Gasteiger partial charge in [0, 0.05) is 31.7 Å². The Morgan fingerprint density at radius 2 is 1.76 bits per heavy atom. The maximum Gasteiger partial charge on any atom is 0.239 e. The third-order valence-electron chi connectivity index (χ3n) is 6.78. The SMILES string of the molecule is CN(CC(=O)NC1CCCC1)c1[c]c(Cl)nc(Cc2ccc(NCC3CCCCC3)cc2)n1. The molecule has 0 atom stereocenters. The van der Waals surface area contributed by atoms with E-state index in [4.69, 9.17) is 11.6 Å². The lowest BCUT2D eigenvalue weighted by Gasteiger charge is -2.22. The van der Waals surface area contributed by atoms with Gasteiger partial charge in [0.1, 0.15) is 16.8 Å². The standard InChI is InChI=1S/C26H35ClN5O/c1-32(18-26(33)29-22-9-5-6-10-22)25-16-23(27)30-24(31-25)15-19-11-13-21(14-12-19)28-17-20-7-3-2-4-8-20/h11-14,20,22,28H,2-10,15,17-18H2,1H3,(H,29,33). The average molecular weight is 469 g/mol. The molecule has 7 heteroatoms. The molecule has 2 aliphatic carbocycles. The molecular formula is C26H35ClN5O. The van der Waals surface area contributed by atoms with Gasteiger partial charge in [-0.05, 0) is 49.3 Å². The zero-order valence-electron chi connectivity index (χ0n) is 19.6. The molecule has 1 aromatic carbocycles. The first-order valence-electron chi connectivity index (χ1n) is 12.3. The molecule has 177 valence electrons. The number of halogens is 1. The van der Waals surface area contributed by atoms with E-state index in [-0.39, 0.29) is 17.6 Å². The first-order valence-corrected chi connectivity index (χ1v) is 12.7. The van der Waals surface area contributed by atoms with Gasteiger partial charge in [-0.15, -0.1) is 0 Å². The second-order valence-electron chi connectivity index (χ2n) is 9.54. The molecule has 4 rings (SSSR count). The van der Waals surface area contributed by atoms with Crippen LogP contribution in [0.2, 0.25) is 5.15 Å². The Bertz CT molecular complexity index is 907. The number of hydrogen-bond donors (Lipinski definition) is 2. The summed E-state index contributed by atoms with van der Waals surface area (Å²) in [5.41, 5.74) is 2.27. The zero-order valence-corrected chi connectivity index (χ0v) is 20.3. The van der Waals surface area contributed by atoms with E-state index in [1.165, 1.54) is 44.9 Å². The fourth-order valence-electron chi connectivity index (χ4n) is 4.88. The summed E-state index contributed by atoms with van der Waals surface area (Å²) in [7, 11) is 1.83. The molecule has 2 saturated carbocycles. The van der Waals surface area contributed by atoms with Crippen LogP contribution in [0.25, 0.3) is 0 Å². The minimum absolute atomic E-state index is 0.00500. The van der Waals surface area contributed by atoms with Gasteiger partial charge in [0.2, 0.25) is 5.91 Å². The van der Waals surface area contributed by atoms with E-state index >= 15 is 0 Å². The van der Waals surface area contributed by atoms with Gasteiger partial charge in [0.05, 0.1) is 12.6 Å². The Hall–Kier alpha value is -2.34. The summed E-state index contributed by atoms with van der Waals surface area (Å²) in [6.07, 6.45) is 11.9. The Balaban J connectivity index is 1.31. The van der Waals surface area contributed by atoms with E-state index in [2.05, 4.69) is 50.9 Å². The lowest BCUT2D eigenvalue weighted by molar-refractivity contribution is -0.120. The molecule has 2 aliphatic rings. The summed E-state index contributed by atoms with van der Waals surface area (Å²) in [6.45, 7) is 1.28. The van der Waals surface area contributed by atoms with Crippen LogP contribution in [0.4, 0.5) is 11.5 Å². The fourth-order valence-corrected chi connectivity index (χ4v) is 5.06. The highest BCUT2D eigenvalue weighted by atomic mass is 35.5. The van der Waals surface area contributed by atoms with Crippen LogP contribution in [0.5, 0.6) is 0 Å². The minimum atomic E-state index is 0.00500. The van der Waals surface area contributed by atoms with Crippen molar-refractivity contribution in [1.29, 1.82) is 0 Å². The van der Waals surface area contributed by atoms with Crippen LogP contribution in [0.1, 0.15) is 69.2 Å². The predicted octanol–water partition coefficient (Wildman–Crippen LogP) is 5.01. The summed E-state index contributed by atoms with van der Waals surface area (Å²) in [5, 5.41) is 6.96. The van der Waals surface area contributed by atoms with Crippen molar-refractivity contribution in [1.82, 2.24) is 15.3 Å². The number of nitrogens with zero attached hydrogens (tertiary/aromatic N) is 3. The third-order valence-corrected chi connectivity index (χ3v) is 6.95. The molecule has 0 saturated heterocycles. The van der Waals surface area contributed by atoms with Crippen LogP contribution in [0, 0.1) is 12.0 Å². The summed E-state index contributed by atoms with van der Waals surface area (Å²) in [4.78, 5) is 23.1. The van der Waals surface area contributed by atoms with Crippen molar-refractivity contribution in [3.05, 3.63) is 46.9 Å². The molecule has 0 aliphatic heterocycles. The first kappa shape index (κ1) is 23.8. The number of amides is 1. The summed E-state index contributed by atoms with van der Waals surface area (Å²) >= 11 is 6.23. The maximum atomic E-state index is 12.4. The van der Waals surface area contributed by atoms with Crippen LogP contribution >= 0.6 is 11.6 Å². The second kappa shape index (κ2) is 11.7. The number of carbonyl (C=O) groups excluding carboxylic acids is 1. The van der Waals surface area contributed by atoms with Crippen molar-refractivity contribution in [2.45, 2.75) is 70.3 Å². The van der Waals surface area contributed by atoms with E-state index in [9.17, 15) is 4.79 Å². The highest BCUT2D eigenvalue weighted by molar-refractivity contribution is 6.29. The third kappa shape index (κ3) is 7.32. The highest BCUT2D eigenvalue weighted by Crippen LogP contribution is 2.24. The van der Waals surface area contributed by atoms with Crippen LogP contribution in [-0.2, 0) is 11.2 Å². The Morgan fingerprint density at radius 1 is 1.06 bits per heavy atom. The first-order chi connectivity index (χ1) is 16.0. The monoisotopic (exact) mass is 468 g/mol. The number of carbonyl (C=O) groups is 1. The Labute approximate surface area is 202 Å².